The Morgan fingerprint density at radius 1 is 1.37 bits per heavy atom. The van der Waals surface area contributed by atoms with Crippen molar-refractivity contribution in [2.24, 2.45) is 0 Å². The lowest BCUT2D eigenvalue weighted by Gasteiger charge is -2.05. The Bertz CT molecular complexity index is 626. The molecule has 2 rings (SSSR count). The van der Waals surface area contributed by atoms with Gasteiger partial charge in [0.2, 0.25) is 0 Å². The summed E-state index contributed by atoms with van der Waals surface area (Å²) < 4.78 is 10.2. The third kappa shape index (κ3) is 2.67. The van der Waals surface area contributed by atoms with E-state index in [1.54, 1.807) is 19.1 Å². The zero-order chi connectivity index (χ0) is 13.8. The molecule has 0 fully saturated rings. The Kier molecular flexibility index (Phi) is 3.70. The highest BCUT2D eigenvalue weighted by Crippen LogP contribution is 2.15. The van der Waals surface area contributed by atoms with Gasteiger partial charge < -0.3 is 14.3 Å². The highest BCUT2D eigenvalue weighted by Gasteiger charge is 2.21. The maximum Gasteiger partial charge on any atom is 0.431 e. The van der Waals surface area contributed by atoms with Gasteiger partial charge in [0.1, 0.15) is 12.3 Å². The van der Waals surface area contributed by atoms with E-state index in [4.69, 9.17) is 4.74 Å². The van der Waals surface area contributed by atoms with Crippen LogP contribution in [0.2, 0.25) is 0 Å². The molecule has 0 atom stereocenters. The van der Waals surface area contributed by atoms with Crippen molar-refractivity contribution >= 4 is 6.09 Å². The standard InChI is InChI=1S/C13H13NO5/c1-2-10-11(15)19-13(17)14(10)12(16)18-8-9-6-4-3-5-7-9/h3-7,15H,2,8H2,1H3. The second-order valence-electron chi connectivity index (χ2n) is 3.85. The van der Waals surface area contributed by atoms with E-state index in [-0.39, 0.29) is 18.7 Å². The molecule has 0 bridgehead atoms. The van der Waals surface area contributed by atoms with Gasteiger partial charge in [-0.3, -0.25) is 0 Å². The van der Waals surface area contributed by atoms with Gasteiger partial charge in [-0.1, -0.05) is 37.3 Å². The van der Waals surface area contributed by atoms with Crippen LogP contribution >= 0.6 is 0 Å². The first kappa shape index (κ1) is 12.9. The lowest BCUT2D eigenvalue weighted by Crippen LogP contribution is -2.26. The van der Waals surface area contributed by atoms with Crippen molar-refractivity contribution in [2.75, 3.05) is 0 Å². The van der Waals surface area contributed by atoms with Gasteiger partial charge in [-0.2, -0.15) is 4.57 Å². The number of aromatic nitrogens is 1. The summed E-state index contributed by atoms with van der Waals surface area (Å²) in [4.78, 5) is 23.2. The first-order valence-electron chi connectivity index (χ1n) is 5.78. The van der Waals surface area contributed by atoms with E-state index in [2.05, 4.69) is 4.42 Å². The van der Waals surface area contributed by atoms with Crippen molar-refractivity contribution in [3.63, 3.8) is 0 Å². The number of nitrogens with zero attached hydrogens (tertiary/aromatic N) is 1. The molecule has 0 saturated carbocycles. The molecule has 0 aliphatic rings. The molecule has 6 nitrogen and oxygen atoms in total. The Balaban J connectivity index is 2.15. The molecule has 0 spiro atoms. The van der Waals surface area contributed by atoms with E-state index in [0.29, 0.717) is 4.57 Å². The van der Waals surface area contributed by atoms with Crippen molar-refractivity contribution in [3.05, 3.63) is 52.1 Å². The van der Waals surface area contributed by atoms with Gasteiger partial charge >= 0.3 is 17.8 Å². The summed E-state index contributed by atoms with van der Waals surface area (Å²) in [7, 11) is 0. The van der Waals surface area contributed by atoms with Crippen molar-refractivity contribution in [1.29, 1.82) is 0 Å². The normalized spacial score (nSPS) is 10.4. The fourth-order valence-electron chi connectivity index (χ4n) is 1.67. The average Bonchev–Trinajstić information content (AvgIpc) is 2.71. The van der Waals surface area contributed by atoms with Gasteiger partial charge in [-0.25, -0.2) is 9.59 Å². The number of hydrogen-bond donors (Lipinski definition) is 1. The molecule has 100 valence electrons. The molecule has 0 unspecified atom stereocenters. The topological polar surface area (TPSA) is 81.7 Å². The fraction of sp³-hybridized carbons (Fsp3) is 0.231. The summed E-state index contributed by atoms with van der Waals surface area (Å²) in [6.45, 7) is 1.73. The van der Waals surface area contributed by atoms with Gasteiger partial charge in [0.15, 0.2) is 0 Å². The fourth-order valence-corrected chi connectivity index (χ4v) is 1.67. The van der Waals surface area contributed by atoms with Crippen LogP contribution in [0.5, 0.6) is 5.95 Å². The third-order valence-electron chi connectivity index (χ3n) is 2.61. The number of ether oxygens (including phenoxy) is 1. The number of aromatic hydroxyl groups is 1. The van der Waals surface area contributed by atoms with Gasteiger partial charge in [0, 0.05) is 0 Å². The van der Waals surface area contributed by atoms with Crippen molar-refractivity contribution in [3.8, 4) is 5.95 Å². The molecule has 0 amide bonds. The number of carbonyl (C=O) groups excluding carboxylic acids is 1. The molecule has 1 heterocycles. The number of carbonyl (C=O) groups is 1. The summed E-state index contributed by atoms with van der Waals surface area (Å²) in [5.41, 5.74) is 0.901. The molecular formula is C13H13NO5. The Labute approximate surface area is 108 Å². The van der Waals surface area contributed by atoms with E-state index in [0.717, 1.165) is 5.56 Å². The van der Waals surface area contributed by atoms with Crippen molar-refractivity contribution in [2.45, 2.75) is 20.0 Å². The van der Waals surface area contributed by atoms with Crippen molar-refractivity contribution < 1.29 is 19.1 Å². The molecule has 0 radical (unpaired) electrons. The molecular weight excluding hydrogens is 250 g/mol. The van der Waals surface area contributed by atoms with Gasteiger partial charge in [0.25, 0.3) is 0 Å². The van der Waals surface area contributed by atoms with Crippen LogP contribution in [0.25, 0.3) is 0 Å². The van der Waals surface area contributed by atoms with E-state index in [1.807, 2.05) is 18.2 Å². The minimum Gasteiger partial charge on any atom is -0.479 e. The summed E-state index contributed by atoms with van der Waals surface area (Å²) in [6, 6.07) is 9.07. The first-order chi connectivity index (χ1) is 9.13. The van der Waals surface area contributed by atoms with E-state index < -0.39 is 17.8 Å². The molecule has 0 aliphatic heterocycles. The molecule has 1 aromatic heterocycles. The lowest BCUT2D eigenvalue weighted by atomic mass is 10.2. The second-order valence-corrected chi connectivity index (χ2v) is 3.85. The smallest absolute Gasteiger partial charge is 0.431 e. The predicted molar refractivity (Wildman–Crippen MR) is 66.0 cm³/mol. The van der Waals surface area contributed by atoms with Gasteiger partial charge in [-0.15, -0.1) is 0 Å². The third-order valence-corrected chi connectivity index (χ3v) is 2.61. The first-order valence-corrected chi connectivity index (χ1v) is 5.78. The summed E-state index contributed by atoms with van der Waals surface area (Å²) in [5.74, 6) is -1.50. The quantitative estimate of drug-likeness (QED) is 0.914. The summed E-state index contributed by atoms with van der Waals surface area (Å²) >= 11 is 0. The molecule has 0 saturated heterocycles. The lowest BCUT2D eigenvalue weighted by molar-refractivity contribution is 0.138. The number of hydrogen-bond acceptors (Lipinski definition) is 5. The predicted octanol–water partition coefficient (Wildman–Crippen LogP) is 1.89. The zero-order valence-corrected chi connectivity index (χ0v) is 10.3. The van der Waals surface area contributed by atoms with Crippen LogP contribution in [-0.2, 0) is 17.8 Å². The maximum absolute atomic E-state index is 11.8. The highest BCUT2D eigenvalue weighted by molar-refractivity contribution is 5.71. The van der Waals surface area contributed by atoms with E-state index >= 15 is 0 Å². The number of oxazole rings is 1. The Hall–Kier alpha value is -2.50. The van der Waals surface area contributed by atoms with E-state index in [1.165, 1.54) is 0 Å². The van der Waals surface area contributed by atoms with Gasteiger partial charge in [0.05, 0.1) is 0 Å². The molecule has 2 aromatic rings. The van der Waals surface area contributed by atoms with Crippen LogP contribution < -0.4 is 5.76 Å². The Morgan fingerprint density at radius 3 is 2.68 bits per heavy atom. The van der Waals surface area contributed by atoms with E-state index in [9.17, 15) is 14.7 Å². The maximum atomic E-state index is 11.8. The molecule has 19 heavy (non-hydrogen) atoms. The van der Waals surface area contributed by atoms with Crippen LogP contribution in [0, 0.1) is 0 Å². The summed E-state index contributed by atoms with van der Waals surface area (Å²) in [5, 5.41) is 9.35. The second kappa shape index (κ2) is 5.43. The van der Waals surface area contributed by atoms with Crippen LogP contribution in [-0.4, -0.2) is 15.8 Å². The minimum absolute atomic E-state index is 0.0429. The number of benzene rings is 1. The van der Waals surface area contributed by atoms with Crippen LogP contribution in [0.3, 0.4) is 0 Å². The SMILES string of the molecule is CCc1c(O)oc(=O)n1C(=O)OCc1ccccc1. The monoisotopic (exact) mass is 263 g/mol. The minimum atomic E-state index is -0.951. The van der Waals surface area contributed by atoms with Gasteiger partial charge in [-0.05, 0) is 12.0 Å². The number of rotatable bonds is 3. The molecule has 1 N–H and O–H groups in total. The highest BCUT2D eigenvalue weighted by atomic mass is 16.6. The summed E-state index contributed by atoms with van der Waals surface area (Å²) in [6.07, 6.45) is -0.590. The average molecular weight is 263 g/mol. The molecule has 1 aromatic carbocycles. The molecule has 6 heteroatoms. The molecule has 0 aliphatic carbocycles. The van der Waals surface area contributed by atoms with Crippen LogP contribution in [0.15, 0.2) is 39.5 Å². The van der Waals surface area contributed by atoms with Crippen LogP contribution in [0.1, 0.15) is 18.2 Å². The van der Waals surface area contributed by atoms with Crippen LogP contribution in [0.4, 0.5) is 4.79 Å². The van der Waals surface area contributed by atoms with Crippen molar-refractivity contribution in [1.82, 2.24) is 4.57 Å². The Morgan fingerprint density at radius 2 is 2.05 bits per heavy atom. The zero-order valence-electron chi connectivity index (χ0n) is 10.3. The largest absolute Gasteiger partial charge is 0.479 e.